The zero-order chi connectivity index (χ0) is 58.7. The van der Waals surface area contributed by atoms with Gasteiger partial charge in [-0.3, -0.25) is 38.5 Å². The van der Waals surface area contributed by atoms with Gasteiger partial charge in [0.25, 0.3) is 0 Å². The predicted octanol–water partition coefficient (Wildman–Crippen LogP) is 4.76. The third kappa shape index (κ3) is 18.5. The van der Waals surface area contributed by atoms with E-state index < -0.39 is 114 Å². The molecule has 1 heterocycles. The number of methoxy groups -OCH3 is 2. The van der Waals surface area contributed by atoms with Crippen molar-refractivity contribution >= 4 is 59.1 Å². The van der Waals surface area contributed by atoms with Crippen LogP contribution in [0, 0.1) is 29.6 Å². The summed E-state index contributed by atoms with van der Waals surface area (Å²) in [6, 6.07) is 9.38. The molecule has 2 aromatic carbocycles. The maximum atomic E-state index is 14.7. The molecule has 0 aromatic heterocycles. The molecule has 0 radical (unpaired) electrons. The number of nitrogens with zero attached hydrogens (tertiary/aromatic N) is 3. The van der Waals surface area contributed by atoms with E-state index in [0.29, 0.717) is 37.1 Å². The van der Waals surface area contributed by atoms with Crippen LogP contribution >= 0.6 is 0 Å². The molecule has 1 aliphatic rings. The predicted molar refractivity (Wildman–Crippen MR) is 294 cm³/mol. The van der Waals surface area contributed by atoms with Crippen LogP contribution in [0.4, 0.5) is 10.5 Å². The lowest BCUT2D eigenvalue weighted by atomic mass is 9.89. The average Bonchev–Trinajstić information content (AvgIpc) is 3.88. The van der Waals surface area contributed by atoms with Gasteiger partial charge in [0, 0.05) is 53.9 Å². The first kappa shape index (κ1) is 65.7. The molecule has 0 spiro atoms. The lowest BCUT2D eigenvalue weighted by molar-refractivity contribution is -0.148. The molecule has 3 rings (SSSR count). The molecule has 21 nitrogen and oxygen atoms in total. The van der Waals surface area contributed by atoms with E-state index in [2.05, 4.69) is 26.6 Å². The number of carbonyl (C=O) groups is 9. The highest BCUT2D eigenvalue weighted by Crippen LogP contribution is 2.30. The van der Waals surface area contributed by atoms with Crippen LogP contribution in [0.5, 0.6) is 0 Å². The van der Waals surface area contributed by atoms with Crippen molar-refractivity contribution in [3.63, 3.8) is 0 Å². The Balaban J connectivity index is 1.70. The van der Waals surface area contributed by atoms with Crippen LogP contribution in [0.15, 0.2) is 54.6 Å². The first-order valence-corrected chi connectivity index (χ1v) is 27.0. The van der Waals surface area contributed by atoms with Gasteiger partial charge in [0.05, 0.1) is 36.6 Å². The summed E-state index contributed by atoms with van der Waals surface area (Å²) in [7, 11) is 6.02. The molecule has 2 unspecified atom stereocenters. The molecule has 6 N–H and O–H groups in total. The molecule has 1 fully saturated rings. The Morgan fingerprint density at radius 3 is 1.85 bits per heavy atom. The van der Waals surface area contributed by atoms with E-state index in [9.17, 15) is 48.3 Å². The summed E-state index contributed by atoms with van der Waals surface area (Å²) in [5.41, 5.74) is 1.75. The number of aliphatic carboxylic acids is 1. The smallest absolute Gasteiger partial charge is 0.410 e. The Labute approximate surface area is 461 Å². The minimum atomic E-state index is -1.18. The number of rotatable bonds is 29. The maximum absolute atomic E-state index is 14.7. The van der Waals surface area contributed by atoms with Gasteiger partial charge >= 0.3 is 12.1 Å². The Morgan fingerprint density at radius 2 is 1.32 bits per heavy atom. The largest absolute Gasteiger partial charge is 0.480 e. The molecule has 0 bridgehead atoms. The van der Waals surface area contributed by atoms with E-state index in [-0.39, 0.29) is 43.1 Å². The molecule has 1 aliphatic heterocycles. The highest BCUT2D eigenvalue weighted by Gasteiger charge is 2.44. The summed E-state index contributed by atoms with van der Waals surface area (Å²) in [4.78, 5) is 124. The van der Waals surface area contributed by atoms with Crippen molar-refractivity contribution in [1.29, 1.82) is 0 Å². The van der Waals surface area contributed by atoms with E-state index in [1.807, 2.05) is 19.9 Å². The molecule has 11 atom stereocenters. The highest BCUT2D eigenvalue weighted by molar-refractivity contribution is 5.98. The lowest BCUT2D eigenvalue weighted by Gasteiger charge is -2.41. The second-order valence-electron chi connectivity index (χ2n) is 21.6. The number of carbonyl (C=O) groups excluding carboxylic acids is 8. The molecule has 0 saturated carbocycles. The van der Waals surface area contributed by atoms with E-state index in [1.54, 1.807) is 109 Å². The zero-order valence-electron chi connectivity index (χ0n) is 48.4. The molecular weight excluding hydrogens is 1000 g/mol. The highest BCUT2D eigenvalue weighted by atomic mass is 16.6. The third-order valence-corrected chi connectivity index (χ3v) is 14.6. The first-order chi connectivity index (χ1) is 36.7. The van der Waals surface area contributed by atoms with Crippen LogP contribution in [-0.2, 0) is 65.6 Å². The summed E-state index contributed by atoms with van der Waals surface area (Å²) in [5, 5.41) is 23.5. The average molecular weight is 1090 g/mol. The minimum absolute atomic E-state index is 0.0891. The fourth-order valence-electron chi connectivity index (χ4n) is 9.97. The number of hydrogen-bond donors (Lipinski definition) is 6. The zero-order valence-corrected chi connectivity index (χ0v) is 48.4. The number of hydrogen-bond acceptors (Lipinski definition) is 12. The number of likely N-dealkylation sites (tertiary alicyclic amines) is 1. The summed E-state index contributed by atoms with van der Waals surface area (Å²) < 4.78 is 17.6. The number of anilines is 1. The molecule has 2 aromatic rings. The van der Waals surface area contributed by atoms with Crippen LogP contribution in [0.2, 0.25) is 0 Å². The molecule has 1 saturated heterocycles. The van der Waals surface area contributed by atoms with Crippen LogP contribution in [0.25, 0.3) is 0 Å². The number of carboxylic acids is 1. The number of carboxylic acid groups (broad SMARTS) is 1. The topological polar surface area (TPSA) is 271 Å². The van der Waals surface area contributed by atoms with E-state index in [4.69, 9.17) is 14.2 Å². The Hall–Kier alpha value is -6.61. The van der Waals surface area contributed by atoms with Crippen molar-refractivity contribution in [3.05, 3.63) is 65.7 Å². The molecule has 0 aliphatic carbocycles. The number of nitrogens with one attached hydrogen (secondary N) is 5. The van der Waals surface area contributed by atoms with Gasteiger partial charge in [-0.2, -0.15) is 0 Å². The minimum Gasteiger partial charge on any atom is -0.480 e. The van der Waals surface area contributed by atoms with E-state index >= 15 is 0 Å². The fourth-order valence-corrected chi connectivity index (χ4v) is 9.97. The molecule has 8 amide bonds. The summed E-state index contributed by atoms with van der Waals surface area (Å²) in [6.07, 6.45) is -0.552. The molecular formula is C57H88N8O13. The van der Waals surface area contributed by atoms with Gasteiger partial charge < -0.3 is 55.7 Å². The van der Waals surface area contributed by atoms with Gasteiger partial charge in [0.1, 0.15) is 36.8 Å². The van der Waals surface area contributed by atoms with E-state index in [0.717, 1.165) is 5.56 Å². The van der Waals surface area contributed by atoms with Gasteiger partial charge in [-0.25, -0.2) is 9.59 Å². The Bertz CT molecular complexity index is 2330. The second-order valence-corrected chi connectivity index (χ2v) is 21.6. The van der Waals surface area contributed by atoms with Crippen LogP contribution in [-0.4, -0.2) is 163 Å². The summed E-state index contributed by atoms with van der Waals surface area (Å²) in [6.45, 7) is 19.4. The van der Waals surface area contributed by atoms with E-state index in [1.165, 1.54) is 44.9 Å². The molecule has 78 heavy (non-hydrogen) atoms. The van der Waals surface area contributed by atoms with Crippen molar-refractivity contribution in [2.45, 2.75) is 169 Å². The van der Waals surface area contributed by atoms with Crippen molar-refractivity contribution in [3.8, 4) is 0 Å². The van der Waals surface area contributed by atoms with Gasteiger partial charge in [0.15, 0.2) is 0 Å². The van der Waals surface area contributed by atoms with Gasteiger partial charge in [-0.1, -0.05) is 111 Å². The SMILES string of the molecule is CC[C@H](C)C([C@@H](CC(=O)N1CCCC1[C@H](OC)[C@@H](C)C(=O)N[C@@H](Cc1ccccc1)C(=O)O)OC)N(C)C(=O)[C@@H](NC(=O)[C@H](C(C)C)N(C)C(=O)OCc1ccc(NC(=O)[C@H](C)NC(=O)[C@@H](NC(C)=O)C(C)C)cc1)C(C)C. The van der Waals surface area contributed by atoms with Crippen LogP contribution in [0.3, 0.4) is 0 Å². The summed E-state index contributed by atoms with van der Waals surface area (Å²) in [5.74, 6) is -6.31. The van der Waals surface area contributed by atoms with Gasteiger partial charge in [0.2, 0.25) is 41.4 Å². The van der Waals surface area contributed by atoms with Gasteiger partial charge in [-0.15, -0.1) is 0 Å². The molecule has 434 valence electrons. The number of ether oxygens (including phenoxy) is 3. The fraction of sp³-hybridized carbons (Fsp3) is 0.632. The first-order valence-electron chi connectivity index (χ1n) is 27.0. The van der Waals surface area contributed by atoms with Crippen molar-refractivity contribution in [1.82, 2.24) is 36.0 Å². The van der Waals surface area contributed by atoms with Crippen LogP contribution in [0.1, 0.15) is 113 Å². The Kier molecular flexibility index (Phi) is 26.2. The quantitative estimate of drug-likeness (QED) is 0.0643. The Morgan fingerprint density at radius 1 is 0.705 bits per heavy atom. The monoisotopic (exact) mass is 1090 g/mol. The van der Waals surface area contributed by atoms with Gasteiger partial charge in [-0.05, 0) is 66.7 Å². The van der Waals surface area contributed by atoms with Crippen molar-refractivity contribution < 1.29 is 62.5 Å². The summed E-state index contributed by atoms with van der Waals surface area (Å²) >= 11 is 0. The van der Waals surface area contributed by atoms with Crippen molar-refractivity contribution in [2.24, 2.45) is 29.6 Å². The lowest BCUT2D eigenvalue weighted by Crippen LogP contribution is -2.60. The number of likely N-dealkylation sites (N-methyl/N-ethyl adjacent to an activating group) is 2. The second kappa shape index (κ2) is 31.1. The van der Waals surface area contributed by atoms with Crippen LogP contribution < -0.4 is 26.6 Å². The van der Waals surface area contributed by atoms with Crippen molar-refractivity contribution in [2.75, 3.05) is 40.2 Å². The molecule has 21 heteroatoms. The maximum Gasteiger partial charge on any atom is 0.410 e. The standard InChI is InChI=1S/C57H88N8O13/c1-16-35(8)49(44(76-14)30-45(67)65-28-20-23-43(65)50(77-15)36(9)51(68)61-42(56(73)74)29-39-21-18-17-19-22-39)63(12)55(72)47(33(4)5)62-54(71)48(34(6)7)64(13)57(75)78-31-40-24-26-41(27-25-40)60-52(69)37(10)58-53(70)46(32(2)3)59-38(11)66/h17-19,21-22,24-27,32-37,42-44,46-50H,16,20,23,28-31H2,1-15H3,(H,58,70)(H,59,66)(H,60,69)(H,61,68)(H,62,71)(H,73,74)/t35-,36+,37-,42-,43?,44+,46-,47-,48-,49?,50+/m0/s1. The third-order valence-electron chi connectivity index (χ3n) is 14.6. The normalized spacial score (nSPS) is 17.3. The number of benzene rings is 2. The number of amides is 8.